The molecule has 9 heteroatoms. The van der Waals surface area contributed by atoms with Gasteiger partial charge in [0.05, 0.1) is 10.6 Å². The molecule has 1 aliphatic heterocycles. The lowest BCUT2D eigenvalue weighted by atomic mass is 9.95. The van der Waals surface area contributed by atoms with Crippen LogP contribution in [0.5, 0.6) is 0 Å². The average Bonchev–Trinajstić information content (AvgIpc) is 2.81. The zero-order valence-electron chi connectivity index (χ0n) is 17.4. The lowest BCUT2D eigenvalue weighted by Gasteiger charge is -2.32. The highest BCUT2D eigenvalue weighted by atomic mass is 32.2. The normalized spacial score (nSPS) is 17.5. The molecule has 1 saturated heterocycles. The maximum Gasteiger partial charge on any atom is 0.243 e. The molecule has 1 atom stereocenters. The molecule has 0 saturated carbocycles. The van der Waals surface area contributed by atoms with E-state index in [1.54, 1.807) is 26.4 Å². The predicted molar refractivity (Wildman–Crippen MR) is 117 cm³/mol. The molecule has 0 bridgehead atoms. The van der Waals surface area contributed by atoms with E-state index in [4.69, 9.17) is 4.98 Å². The molecule has 0 radical (unpaired) electrons. The van der Waals surface area contributed by atoms with Crippen LogP contribution in [0.2, 0.25) is 0 Å². The molecule has 1 N–H and O–H groups in total. The van der Waals surface area contributed by atoms with E-state index in [1.807, 2.05) is 18.2 Å². The fourth-order valence-electron chi connectivity index (χ4n) is 3.71. The topological polar surface area (TPSA) is 88.1 Å². The summed E-state index contributed by atoms with van der Waals surface area (Å²) in [6.45, 7) is 2.29. The summed E-state index contributed by atoms with van der Waals surface area (Å²) >= 11 is 0. The quantitative estimate of drug-likeness (QED) is 0.651. The van der Waals surface area contributed by atoms with E-state index in [9.17, 15) is 12.8 Å². The highest BCUT2D eigenvalue weighted by Crippen LogP contribution is 2.31. The predicted octanol–water partition coefficient (Wildman–Crippen LogP) is 3.60. The molecule has 4 rings (SSSR count). The Bertz CT molecular complexity index is 1190. The third-order valence-corrected chi connectivity index (χ3v) is 7.37. The minimum atomic E-state index is -3.80. The number of hydrogen-bond acceptors (Lipinski definition) is 6. The van der Waals surface area contributed by atoms with Gasteiger partial charge in [-0.2, -0.15) is 4.31 Å². The molecule has 0 amide bonds. The number of nitrogens with one attached hydrogen (secondary N) is 1. The van der Waals surface area contributed by atoms with Crippen molar-refractivity contribution in [1.82, 2.24) is 19.3 Å². The fraction of sp³-hybridized carbons (Fsp3) is 0.318. The first-order valence-corrected chi connectivity index (χ1v) is 11.6. The summed E-state index contributed by atoms with van der Waals surface area (Å²) in [6.07, 6.45) is 4.88. The van der Waals surface area contributed by atoms with E-state index in [1.165, 1.54) is 16.4 Å². The number of pyridine rings is 1. The van der Waals surface area contributed by atoms with Gasteiger partial charge in [-0.3, -0.25) is 4.98 Å². The molecule has 0 unspecified atom stereocenters. The molecule has 1 aliphatic rings. The van der Waals surface area contributed by atoms with Gasteiger partial charge in [0.1, 0.15) is 11.6 Å². The van der Waals surface area contributed by atoms with E-state index in [0.717, 1.165) is 23.7 Å². The van der Waals surface area contributed by atoms with E-state index in [2.05, 4.69) is 15.3 Å². The van der Waals surface area contributed by atoms with Crippen molar-refractivity contribution in [3.63, 3.8) is 0 Å². The molecule has 3 aromatic rings. The first kappa shape index (κ1) is 21.3. The van der Waals surface area contributed by atoms with E-state index >= 15 is 0 Å². The third kappa shape index (κ3) is 4.42. The zero-order chi connectivity index (χ0) is 22.0. The van der Waals surface area contributed by atoms with E-state index in [0.29, 0.717) is 30.2 Å². The number of aryl methyl sites for hydroxylation is 1. The molecule has 162 valence electrons. The van der Waals surface area contributed by atoms with Crippen molar-refractivity contribution < 1.29 is 12.8 Å². The SMILES string of the molecule is CNc1cc([C@H]2CCCN(S(=O)(=O)c3ccc(C)c(F)c3)C2)nc(-c2cccnc2)n1. The van der Waals surface area contributed by atoms with Gasteiger partial charge in [-0.15, -0.1) is 0 Å². The monoisotopic (exact) mass is 441 g/mol. The number of aromatic nitrogens is 3. The van der Waals surface area contributed by atoms with Crippen molar-refractivity contribution in [2.45, 2.75) is 30.6 Å². The summed E-state index contributed by atoms with van der Waals surface area (Å²) in [4.78, 5) is 13.3. The number of piperidine rings is 1. The van der Waals surface area contributed by atoms with Crippen LogP contribution in [0, 0.1) is 12.7 Å². The number of hydrogen-bond donors (Lipinski definition) is 1. The Morgan fingerprint density at radius 3 is 2.74 bits per heavy atom. The van der Waals surface area contributed by atoms with Crippen LogP contribution in [-0.2, 0) is 10.0 Å². The molecular weight excluding hydrogens is 417 g/mol. The minimum absolute atomic E-state index is 0.0223. The van der Waals surface area contributed by atoms with Crippen LogP contribution in [0.4, 0.5) is 10.2 Å². The van der Waals surface area contributed by atoms with Crippen molar-refractivity contribution in [3.05, 3.63) is 65.9 Å². The lowest BCUT2D eigenvalue weighted by Crippen LogP contribution is -2.39. The second-order valence-corrected chi connectivity index (χ2v) is 9.54. The molecule has 31 heavy (non-hydrogen) atoms. The minimum Gasteiger partial charge on any atom is -0.373 e. The first-order valence-electron chi connectivity index (χ1n) is 10.1. The van der Waals surface area contributed by atoms with E-state index in [-0.39, 0.29) is 17.4 Å². The van der Waals surface area contributed by atoms with Gasteiger partial charge >= 0.3 is 0 Å². The molecular formula is C22H24FN5O2S. The molecule has 2 aromatic heterocycles. The van der Waals surface area contributed by atoms with Crippen LogP contribution in [0.15, 0.2) is 53.7 Å². The van der Waals surface area contributed by atoms with Crippen molar-refractivity contribution >= 4 is 15.8 Å². The van der Waals surface area contributed by atoms with Gasteiger partial charge in [0, 0.05) is 50.1 Å². The zero-order valence-corrected chi connectivity index (χ0v) is 18.2. The van der Waals surface area contributed by atoms with Gasteiger partial charge in [-0.1, -0.05) is 6.07 Å². The van der Waals surface area contributed by atoms with Gasteiger partial charge in [0.15, 0.2) is 5.82 Å². The number of halogens is 1. The van der Waals surface area contributed by atoms with Crippen molar-refractivity contribution in [2.75, 3.05) is 25.5 Å². The van der Waals surface area contributed by atoms with Crippen LogP contribution < -0.4 is 5.32 Å². The Morgan fingerprint density at radius 1 is 1.19 bits per heavy atom. The Labute approximate surface area is 181 Å². The first-order chi connectivity index (χ1) is 14.9. The van der Waals surface area contributed by atoms with Crippen molar-refractivity contribution in [1.29, 1.82) is 0 Å². The highest BCUT2D eigenvalue weighted by molar-refractivity contribution is 7.89. The van der Waals surface area contributed by atoms with Gasteiger partial charge in [-0.05, 0) is 49.6 Å². The molecule has 0 spiro atoms. The number of anilines is 1. The summed E-state index contributed by atoms with van der Waals surface area (Å²) < 4.78 is 41.7. The summed E-state index contributed by atoms with van der Waals surface area (Å²) in [5.41, 5.74) is 1.98. The van der Waals surface area contributed by atoms with Crippen molar-refractivity contribution in [3.8, 4) is 11.4 Å². The van der Waals surface area contributed by atoms with Crippen LogP contribution in [0.1, 0.15) is 30.0 Å². The summed E-state index contributed by atoms with van der Waals surface area (Å²) in [7, 11) is -2.02. The van der Waals surface area contributed by atoms with Gasteiger partial charge in [-0.25, -0.2) is 22.8 Å². The molecule has 1 fully saturated rings. The molecule has 0 aliphatic carbocycles. The fourth-order valence-corrected chi connectivity index (χ4v) is 5.25. The molecule has 1 aromatic carbocycles. The summed E-state index contributed by atoms with van der Waals surface area (Å²) in [6, 6.07) is 9.61. The maximum atomic E-state index is 14.0. The molecule has 3 heterocycles. The van der Waals surface area contributed by atoms with E-state index < -0.39 is 15.8 Å². The Balaban J connectivity index is 1.65. The van der Waals surface area contributed by atoms with Gasteiger partial charge < -0.3 is 5.32 Å². The summed E-state index contributed by atoms with van der Waals surface area (Å²) in [5.74, 6) is 0.578. The van der Waals surface area contributed by atoms with Gasteiger partial charge in [0.25, 0.3) is 0 Å². The van der Waals surface area contributed by atoms with Crippen LogP contribution >= 0.6 is 0 Å². The largest absolute Gasteiger partial charge is 0.373 e. The highest BCUT2D eigenvalue weighted by Gasteiger charge is 2.32. The van der Waals surface area contributed by atoms with Crippen LogP contribution in [0.25, 0.3) is 11.4 Å². The van der Waals surface area contributed by atoms with Crippen LogP contribution in [-0.4, -0.2) is 47.8 Å². The molecule has 7 nitrogen and oxygen atoms in total. The maximum absolute atomic E-state index is 14.0. The number of benzene rings is 1. The third-order valence-electron chi connectivity index (χ3n) is 5.51. The average molecular weight is 442 g/mol. The second kappa shape index (κ2) is 8.68. The Kier molecular flexibility index (Phi) is 5.97. The number of sulfonamides is 1. The smallest absolute Gasteiger partial charge is 0.243 e. The Morgan fingerprint density at radius 2 is 2.03 bits per heavy atom. The number of nitrogens with zero attached hydrogens (tertiary/aromatic N) is 4. The van der Waals surface area contributed by atoms with Crippen LogP contribution in [0.3, 0.4) is 0 Å². The standard InChI is InChI=1S/C22H24FN5O2S/c1-15-7-8-18(11-19(15)23)31(29,30)28-10-4-6-17(14-28)20-12-21(24-2)27-22(26-20)16-5-3-9-25-13-16/h3,5,7-9,11-13,17H,4,6,10,14H2,1-2H3,(H,24,26,27)/t17-/m0/s1. The van der Waals surface area contributed by atoms with Crippen molar-refractivity contribution in [2.24, 2.45) is 0 Å². The Hall–Kier alpha value is -2.91. The lowest BCUT2D eigenvalue weighted by molar-refractivity contribution is 0.312. The second-order valence-electron chi connectivity index (χ2n) is 7.61. The summed E-state index contributed by atoms with van der Waals surface area (Å²) in [5, 5.41) is 3.05. The number of rotatable bonds is 5. The van der Waals surface area contributed by atoms with Gasteiger partial charge in [0.2, 0.25) is 10.0 Å².